The zero-order valence-electron chi connectivity index (χ0n) is 20.5. The number of fused-ring (bicyclic) bond motifs is 2. The highest BCUT2D eigenvalue weighted by Crippen LogP contribution is 2.38. The number of anilines is 1. The molecular weight excluding hydrogens is 492 g/mol. The summed E-state index contributed by atoms with van der Waals surface area (Å²) in [4.78, 5) is 45.2. The Labute approximate surface area is 217 Å². The Bertz CT molecular complexity index is 1530. The quantitative estimate of drug-likeness (QED) is 0.351. The average molecular weight is 521 g/mol. The van der Waals surface area contributed by atoms with Gasteiger partial charge < -0.3 is 11.1 Å². The van der Waals surface area contributed by atoms with Gasteiger partial charge in [-0.05, 0) is 55.2 Å². The van der Waals surface area contributed by atoms with Crippen LogP contribution < -0.4 is 16.6 Å². The molecule has 0 aliphatic heterocycles. The maximum absolute atomic E-state index is 13.6. The van der Waals surface area contributed by atoms with Gasteiger partial charge in [0.1, 0.15) is 15.9 Å². The molecular formula is C27H28N4O3S2. The molecule has 1 aromatic carbocycles. The molecule has 5 rings (SSSR count). The second kappa shape index (κ2) is 9.63. The summed E-state index contributed by atoms with van der Waals surface area (Å²) in [7, 11) is 0. The Morgan fingerprint density at radius 2 is 1.83 bits per heavy atom. The number of aromatic nitrogens is 2. The van der Waals surface area contributed by atoms with Gasteiger partial charge in [0.05, 0.1) is 17.3 Å². The number of hydrogen-bond acceptors (Lipinski definition) is 6. The molecule has 7 nitrogen and oxygen atoms in total. The van der Waals surface area contributed by atoms with Crippen molar-refractivity contribution in [3.8, 4) is 11.1 Å². The molecule has 2 amide bonds. The molecule has 0 saturated carbocycles. The highest BCUT2D eigenvalue weighted by atomic mass is 32.1. The van der Waals surface area contributed by atoms with Crippen molar-refractivity contribution in [1.29, 1.82) is 0 Å². The molecule has 1 aliphatic rings. The van der Waals surface area contributed by atoms with Crippen molar-refractivity contribution in [1.82, 2.24) is 9.55 Å². The van der Waals surface area contributed by atoms with Gasteiger partial charge in [-0.1, -0.05) is 38.1 Å². The summed E-state index contributed by atoms with van der Waals surface area (Å²) in [5.74, 6) is -0.512. The third-order valence-electron chi connectivity index (χ3n) is 6.86. The Morgan fingerprint density at radius 1 is 1.11 bits per heavy atom. The Morgan fingerprint density at radius 3 is 2.53 bits per heavy atom. The van der Waals surface area contributed by atoms with Crippen LogP contribution in [0, 0.1) is 0 Å². The highest BCUT2D eigenvalue weighted by Gasteiger charge is 2.27. The highest BCUT2D eigenvalue weighted by molar-refractivity contribution is 7.17. The van der Waals surface area contributed by atoms with Crippen LogP contribution in [0.15, 0.2) is 40.8 Å². The van der Waals surface area contributed by atoms with Crippen LogP contribution in [0.1, 0.15) is 71.9 Å². The van der Waals surface area contributed by atoms with Crippen LogP contribution in [-0.4, -0.2) is 21.4 Å². The maximum atomic E-state index is 13.6. The number of amides is 2. The normalized spacial score (nSPS) is 14.1. The van der Waals surface area contributed by atoms with Gasteiger partial charge in [0.2, 0.25) is 5.91 Å². The predicted octanol–water partition coefficient (Wildman–Crippen LogP) is 5.49. The summed E-state index contributed by atoms with van der Waals surface area (Å²) in [6, 6.07) is 7.36. The summed E-state index contributed by atoms with van der Waals surface area (Å²) in [5.41, 5.74) is 9.73. The second-order valence-electron chi connectivity index (χ2n) is 9.51. The third-order valence-corrected chi connectivity index (χ3v) is 8.95. The van der Waals surface area contributed by atoms with Crippen LogP contribution in [0.25, 0.3) is 21.3 Å². The van der Waals surface area contributed by atoms with Crippen molar-refractivity contribution in [2.75, 3.05) is 5.32 Å². The fraction of sp³-hybridized carbons (Fsp3) is 0.333. The van der Waals surface area contributed by atoms with E-state index in [2.05, 4.69) is 36.3 Å². The molecule has 0 saturated heterocycles. The first-order valence-electron chi connectivity index (χ1n) is 12.1. The van der Waals surface area contributed by atoms with Crippen molar-refractivity contribution >= 4 is 49.7 Å². The number of carbonyl (C=O) groups excluding carboxylic acids is 2. The molecule has 0 fully saturated rings. The van der Waals surface area contributed by atoms with E-state index in [1.165, 1.54) is 39.1 Å². The van der Waals surface area contributed by atoms with E-state index in [1.54, 1.807) is 6.92 Å². The van der Waals surface area contributed by atoms with Crippen molar-refractivity contribution in [3.63, 3.8) is 0 Å². The number of thiophene rings is 2. The minimum atomic E-state index is -0.828. The summed E-state index contributed by atoms with van der Waals surface area (Å²) < 4.78 is 1.35. The van der Waals surface area contributed by atoms with E-state index in [-0.39, 0.29) is 5.56 Å². The fourth-order valence-electron chi connectivity index (χ4n) is 4.74. The van der Waals surface area contributed by atoms with Gasteiger partial charge in [0.15, 0.2) is 0 Å². The Kier molecular flexibility index (Phi) is 6.53. The molecule has 186 valence electrons. The minimum absolute atomic E-state index is 0.271. The Balaban J connectivity index is 1.48. The molecule has 1 unspecified atom stereocenters. The number of aryl methyl sites for hydroxylation is 1. The lowest BCUT2D eigenvalue weighted by Gasteiger charge is -2.15. The van der Waals surface area contributed by atoms with Gasteiger partial charge in [-0.3, -0.25) is 19.0 Å². The van der Waals surface area contributed by atoms with Crippen LogP contribution in [-0.2, 0) is 17.6 Å². The van der Waals surface area contributed by atoms with Gasteiger partial charge in [0.25, 0.3) is 11.5 Å². The van der Waals surface area contributed by atoms with Crippen molar-refractivity contribution < 1.29 is 9.59 Å². The SMILES string of the molecule is CC(C)c1ccc(-c2csc3ncn(C(C)C(=O)Nc4sc5c(c4C(N)=O)CCCC5)c(=O)c23)cc1. The second-order valence-corrected chi connectivity index (χ2v) is 11.5. The van der Waals surface area contributed by atoms with Crippen LogP contribution in [0.5, 0.6) is 0 Å². The number of primary amides is 1. The molecule has 3 heterocycles. The minimum Gasteiger partial charge on any atom is -0.365 e. The lowest BCUT2D eigenvalue weighted by molar-refractivity contribution is -0.118. The van der Waals surface area contributed by atoms with Gasteiger partial charge in [-0.25, -0.2) is 4.98 Å². The smallest absolute Gasteiger partial charge is 0.263 e. The Hall–Kier alpha value is -3.30. The summed E-state index contributed by atoms with van der Waals surface area (Å²) >= 11 is 2.82. The van der Waals surface area contributed by atoms with E-state index in [0.717, 1.165) is 47.3 Å². The van der Waals surface area contributed by atoms with Crippen LogP contribution in [0.4, 0.5) is 5.00 Å². The van der Waals surface area contributed by atoms with Crippen molar-refractivity contribution in [3.05, 3.63) is 67.9 Å². The lowest BCUT2D eigenvalue weighted by atomic mass is 9.95. The molecule has 1 atom stereocenters. The van der Waals surface area contributed by atoms with Crippen LogP contribution in [0.2, 0.25) is 0 Å². The number of hydrogen-bond donors (Lipinski definition) is 2. The summed E-state index contributed by atoms with van der Waals surface area (Å²) in [6.07, 6.45) is 5.14. The average Bonchev–Trinajstić information content (AvgIpc) is 3.45. The molecule has 36 heavy (non-hydrogen) atoms. The fourth-order valence-corrected chi connectivity index (χ4v) is 6.94. The van der Waals surface area contributed by atoms with E-state index in [1.807, 2.05) is 17.5 Å². The van der Waals surface area contributed by atoms with E-state index in [9.17, 15) is 14.4 Å². The number of nitrogens with zero attached hydrogens (tertiary/aromatic N) is 2. The topological polar surface area (TPSA) is 107 Å². The predicted molar refractivity (Wildman–Crippen MR) is 146 cm³/mol. The standard InChI is InChI=1S/C27H28N4O3S2/c1-14(2)16-8-10-17(11-9-16)19-12-35-25-22(19)27(34)31(13-29-25)15(3)24(33)30-26-21(23(28)32)18-6-4-5-7-20(18)36-26/h8-15H,4-7H2,1-3H3,(H2,28,32)(H,30,33). The molecule has 3 aromatic heterocycles. The van der Waals surface area contributed by atoms with E-state index >= 15 is 0 Å². The zero-order chi connectivity index (χ0) is 25.6. The summed E-state index contributed by atoms with van der Waals surface area (Å²) in [5, 5.41) is 5.78. The number of benzene rings is 1. The molecule has 1 aliphatic carbocycles. The first-order valence-corrected chi connectivity index (χ1v) is 13.8. The van der Waals surface area contributed by atoms with Crippen molar-refractivity contribution in [2.45, 2.75) is 58.4 Å². The third kappa shape index (κ3) is 4.26. The monoisotopic (exact) mass is 520 g/mol. The lowest BCUT2D eigenvalue weighted by Crippen LogP contribution is -2.32. The van der Waals surface area contributed by atoms with Crippen LogP contribution in [0.3, 0.4) is 0 Å². The van der Waals surface area contributed by atoms with Crippen molar-refractivity contribution in [2.24, 2.45) is 5.73 Å². The van der Waals surface area contributed by atoms with Gasteiger partial charge in [-0.15, -0.1) is 22.7 Å². The van der Waals surface area contributed by atoms with E-state index in [4.69, 9.17) is 5.73 Å². The molecule has 0 spiro atoms. The maximum Gasteiger partial charge on any atom is 0.263 e. The van der Waals surface area contributed by atoms with Gasteiger partial charge >= 0.3 is 0 Å². The molecule has 0 radical (unpaired) electrons. The van der Waals surface area contributed by atoms with Crippen LogP contribution >= 0.6 is 22.7 Å². The number of nitrogens with one attached hydrogen (secondary N) is 1. The summed E-state index contributed by atoms with van der Waals surface area (Å²) in [6.45, 7) is 5.94. The zero-order valence-corrected chi connectivity index (χ0v) is 22.1. The van der Waals surface area contributed by atoms with E-state index < -0.39 is 17.9 Å². The van der Waals surface area contributed by atoms with Gasteiger partial charge in [-0.2, -0.15) is 0 Å². The molecule has 4 aromatic rings. The molecule has 3 N–H and O–H groups in total. The first kappa shape index (κ1) is 24.4. The molecule has 9 heteroatoms. The largest absolute Gasteiger partial charge is 0.365 e. The number of nitrogens with two attached hydrogens (primary N) is 1. The molecule has 0 bridgehead atoms. The number of carbonyl (C=O) groups is 2. The van der Waals surface area contributed by atoms with Gasteiger partial charge in [0, 0.05) is 15.8 Å². The number of rotatable bonds is 6. The first-order chi connectivity index (χ1) is 17.3. The van der Waals surface area contributed by atoms with E-state index in [0.29, 0.717) is 26.7 Å².